The van der Waals surface area contributed by atoms with Crippen LogP contribution in [-0.2, 0) is 0 Å². The van der Waals surface area contributed by atoms with Gasteiger partial charge in [0.2, 0.25) is 0 Å². The molecule has 0 spiro atoms. The van der Waals surface area contributed by atoms with E-state index in [4.69, 9.17) is 5.73 Å². The zero-order valence-corrected chi connectivity index (χ0v) is 7.91. The topological polar surface area (TPSA) is 38.0 Å². The van der Waals surface area contributed by atoms with Crippen molar-refractivity contribution in [2.24, 2.45) is 5.73 Å². The van der Waals surface area contributed by atoms with E-state index in [9.17, 15) is 0 Å². The van der Waals surface area contributed by atoms with Crippen LogP contribution in [0.4, 0.5) is 0 Å². The number of nitrogens with two attached hydrogens (primary N) is 1. The maximum Gasteiger partial charge on any atom is 0.0223 e. The highest BCUT2D eigenvalue weighted by molar-refractivity contribution is 5.01. The molecule has 1 aliphatic rings. The van der Waals surface area contributed by atoms with E-state index >= 15 is 0 Å². The molecule has 3 N–H and O–H groups in total. The molecule has 0 aromatic rings. The van der Waals surface area contributed by atoms with Gasteiger partial charge in [0.05, 0.1) is 0 Å². The molecule has 0 radical (unpaired) electrons. The van der Waals surface area contributed by atoms with Crippen LogP contribution in [0.5, 0.6) is 0 Å². The lowest BCUT2D eigenvalue weighted by atomic mass is 10.1. The summed E-state index contributed by atoms with van der Waals surface area (Å²) in [5.41, 5.74) is 6.27. The second-order valence-electron chi connectivity index (χ2n) is 4.48. The molecule has 1 aliphatic carbocycles. The summed E-state index contributed by atoms with van der Waals surface area (Å²) >= 11 is 0. The minimum atomic E-state index is -0.0647. The van der Waals surface area contributed by atoms with Crippen LogP contribution in [0.3, 0.4) is 0 Å². The minimum absolute atomic E-state index is 0.0647. The second-order valence-corrected chi connectivity index (χ2v) is 4.48. The fourth-order valence-corrected chi connectivity index (χ4v) is 1.22. The Balaban J connectivity index is 2.22. The highest BCUT2D eigenvalue weighted by atomic mass is 15.0. The predicted molar refractivity (Wildman–Crippen MR) is 48.5 cm³/mol. The molecule has 11 heavy (non-hydrogen) atoms. The van der Waals surface area contributed by atoms with Gasteiger partial charge in [-0.3, -0.25) is 0 Å². The third-order valence-corrected chi connectivity index (χ3v) is 2.45. The summed E-state index contributed by atoms with van der Waals surface area (Å²) < 4.78 is 0. The van der Waals surface area contributed by atoms with Crippen LogP contribution >= 0.6 is 0 Å². The molecule has 0 atom stereocenters. The van der Waals surface area contributed by atoms with E-state index in [0.29, 0.717) is 5.54 Å². The smallest absolute Gasteiger partial charge is 0.0223 e. The fourth-order valence-electron chi connectivity index (χ4n) is 1.22. The third-order valence-electron chi connectivity index (χ3n) is 2.45. The summed E-state index contributed by atoms with van der Waals surface area (Å²) in [5, 5.41) is 3.53. The highest BCUT2D eigenvalue weighted by Gasteiger charge is 2.40. The number of hydrogen-bond acceptors (Lipinski definition) is 2. The van der Waals surface area contributed by atoms with Crippen LogP contribution in [0.2, 0.25) is 0 Å². The van der Waals surface area contributed by atoms with Gasteiger partial charge in [0.1, 0.15) is 0 Å². The molecule has 0 unspecified atom stereocenters. The Morgan fingerprint density at radius 1 is 1.45 bits per heavy atom. The van der Waals surface area contributed by atoms with E-state index in [1.54, 1.807) is 0 Å². The molecule has 0 aromatic heterocycles. The molecular weight excluding hydrogens is 136 g/mol. The van der Waals surface area contributed by atoms with Gasteiger partial charge in [-0.1, -0.05) is 6.92 Å². The Labute approximate surface area is 69.5 Å². The van der Waals surface area contributed by atoms with Gasteiger partial charge in [-0.25, -0.2) is 0 Å². The van der Waals surface area contributed by atoms with Gasteiger partial charge in [-0.2, -0.15) is 0 Å². The van der Waals surface area contributed by atoms with E-state index in [-0.39, 0.29) is 5.54 Å². The van der Waals surface area contributed by atoms with E-state index < -0.39 is 0 Å². The van der Waals surface area contributed by atoms with Crippen molar-refractivity contribution in [1.29, 1.82) is 0 Å². The third kappa shape index (κ3) is 2.80. The first-order chi connectivity index (χ1) is 4.97. The van der Waals surface area contributed by atoms with Crippen molar-refractivity contribution in [2.75, 3.05) is 6.54 Å². The first-order valence-electron chi connectivity index (χ1n) is 4.51. The van der Waals surface area contributed by atoms with Gasteiger partial charge in [0.25, 0.3) is 0 Å². The lowest BCUT2D eigenvalue weighted by Gasteiger charge is -2.23. The van der Waals surface area contributed by atoms with Crippen LogP contribution in [0.1, 0.15) is 40.0 Å². The molecule has 0 amide bonds. The van der Waals surface area contributed by atoms with E-state index in [1.165, 1.54) is 19.3 Å². The monoisotopic (exact) mass is 156 g/mol. The van der Waals surface area contributed by atoms with E-state index in [2.05, 4.69) is 26.1 Å². The van der Waals surface area contributed by atoms with Crippen molar-refractivity contribution in [1.82, 2.24) is 5.32 Å². The van der Waals surface area contributed by atoms with Crippen molar-refractivity contribution in [3.63, 3.8) is 0 Å². The summed E-state index contributed by atoms with van der Waals surface area (Å²) in [7, 11) is 0. The van der Waals surface area contributed by atoms with Gasteiger partial charge < -0.3 is 11.1 Å². The summed E-state index contributed by atoms with van der Waals surface area (Å²) in [4.78, 5) is 0. The van der Waals surface area contributed by atoms with Crippen LogP contribution in [0.25, 0.3) is 0 Å². The molecule has 1 fully saturated rings. The van der Waals surface area contributed by atoms with Crippen molar-refractivity contribution in [2.45, 2.75) is 51.1 Å². The summed E-state index contributed by atoms with van der Waals surface area (Å²) in [6, 6.07) is 0. The minimum Gasteiger partial charge on any atom is -0.324 e. The maximum absolute atomic E-state index is 5.86. The number of rotatable bonds is 4. The van der Waals surface area contributed by atoms with Crippen LogP contribution in [0.15, 0.2) is 0 Å². The Kier molecular flexibility index (Phi) is 2.26. The zero-order valence-electron chi connectivity index (χ0n) is 7.91. The fraction of sp³-hybridized carbons (Fsp3) is 1.00. The van der Waals surface area contributed by atoms with E-state index in [0.717, 1.165) is 6.54 Å². The summed E-state index contributed by atoms with van der Waals surface area (Å²) in [6.07, 6.45) is 3.90. The first kappa shape index (κ1) is 9.01. The molecule has 0 saturated heterocycles. The van der Waals surface area contributed by atoms with E-state index in [1.807, 2.05) is 0 Å². The average molecular weight is 156 g/mol. The summed E-state index contributed by atoms with van der Waals surface area (Å²) in [6.45, 7) is 7.29. The maximum atomic E-state index is 5.86. The normalized spacial score (nSPS) is 21.8. The van der Waals surface area contributed by atoms with Crippen LogP contribution in [-0.4, -0.2) is 17.6 Å². The lowest BCUT2D eigenvalue weighted by molar-refractivity contribution is 0.398. The molecule has 1 rings (SSSR count). The Hall–Kier alpha value is -0.0800. The molecule has 0 heterocycles. The molecule has 66 valence electrons. The summed E-state index contributed by atoms with van der Waals surface area (Å²) in [5.74, 6) is 0. The van der Waals surface area contributed by atoms with Gasteiger partial charge in [-0.15, -0.1) is 0 Å². The van der Waals surface area contributed by atoms with Crippen LogP contribution in [0, 0.1) is 0 Å². The Bertz CT molecular complexity index is 131. The van der Waals surface area contributed by atoms with Crippen molar-refractivity contribution in [3.8, 4) is 0 Å². The van der Waals surface area contributed by atoms with Crippen molar-refractivity contribution in [3.05, 3.63) is 0 Å². The predicted octanol–water partition coefficient (Wildman–Crippen LogP) is 1.26. The van der Waals surface area contributed by atoms with Gasteiger partial charge in [-0.05, 0) is 33.1 Å². The Morgan fingerprint density at radius 2 is 2.00 bits per heavy atom. The van der Waals surface area contributed by atoms with Gasteiger partial charge in [0, 0.05) is 17.6 Å². The van der Waals surface area contributed by atoms with Crippen molar-refractivity contribution < 1.29 is 0 Å². The lowest BCUT2D eigenvalue weighted by Crippen LogP contribution is -2.47. The molecular formula is C9H20N2. The Morgan fingerprint density at radius 3 is 2.27 bits per heavy atom. The SMILES string of the molecule is CCC1(NCC(C)(C)N)CC1. The number of hydrogen-bond donors (Lipinski definition) is 2. The molecule has 0 aromatic carbocycles. The molecule has 0 bridgehead atoms. The number of nitrogens with one attached hydrogen (secondary N) is 1. The molecule has 2 heteroatoms. The molecule has 2 nitrogen and oxygen atoms in total. The van der Waals surface area contributed by atoms with Gasteiger partial charge in [0.15, 0.2) is 0 Å². The molecule has 1 saturated carbocycles. The zero-order chi connectivity index (χ0) is 8.54. The quantitative estimate of drug-likeness (QED) is 0.643. The first-order valence-corrected chi connectivity index (χ1v) is 4.51. The average Bonchev–Trinajstić information content (AvgIpc) is 2.63. The standard InChI is InChI=1S/C9H20N2/c1-4-9(5-6-9)11-7-8(2,3)10/h11H,4-7,10H2,1-3H3. The van der Waals surface area contributed by atoms with Crippen molar-refractivity contribution >= 4 is 0 Å². The van der Waals surface area contributed by atoms with Gasteiger partial charge >= 0.3 is 0 Å². The highest BCUT2D eigenvalue weighted by Crippen LogP contribution is 2.38. The largest absolute Gasteiger partial charge is 0.324 e. The van der Waals surface area contributed by atoms with Crippen LogP contribution < -0.4 is 11.1 Å². The second kappa shape index (κ2) is 2.76. The molecule has 0 aliphatic heterocycles.